The maximum atomic E-state index is 10.7. The zero-order valence-corrected chi connectivity index (χ0v) is 10.0. The summed E-state index contributed by atoms with van der Waals surface area (Å²) in [6.07, 6.45) is 1.42. The summed E-state index contributed by atoms with van der Waals surface area (Å²) in [7, 11) is 0. The lowest BCUT2D eigenvalue weighted by atomic mass is 10.1. The van der Waals surface area contributed by atoms with Crippen molar-refractivity contribution in [3.8, 4) is 11.8 Å². The molecule has 0 radical (unpaired) electrons. The van der Waals surface area contributed by atoms with Crippen molar-refractivity contribution in [3.05, 3.63) is 34.9 Å². The van der Waals surface area contributed by atoms with Crippen molar-refractivity contribution in [1.82, 2.24) is 5.32 Å². The number of rotatable bonds is 3. The summed E-state index contributed by atoms with van der Waals surface area (Å²) in [4.78, 5) is 21.3. The molecule has 0 aliphatic rings. The molecular weight excluding hydrogens is 214 g/mol. The number of nitrogens with one attached hydrogen (secondary N) is 1. The summed E-state index contributed by atoms with van der Waals surface area (Å²) in [5, 5.41) is 2.67. The molecule has 0 saturated carbocycles. The Morgan fingerprint density at radius 1 is 1.41 bits per heavy atom. The van der Waals surface area contributed by atoms with E-state index in [9.17, 15) is 9.59 Å². The number of benzene rings is 1. The molecule has 17 heavy (non-hydrogen) atoms. The number of amides is 1. The Morgan fingerprint density at radius 3 is 2.82 bits per heavy atom. The number of aryl methyl sites for hydroxylation is 1. The Labute approximate surface area is 101 Å². The van der Waals surface area contributed by atoms with Gasteiger partial charge in [0, 0.05) is 31.0 Å². The van der Waals surface area contributed by atoms with Gasteiger partial charge in [0.2, 0.25) is 5.91 Å². The molecule has 0 atom stereocenters. The van der Waals surface area contributed by atoms with Gasteiger partial charge < -0.3 is 5.32 Å². The quantitative estimate of drug-likeness (QED) is 0.487. The van der Waals surface area contributed by atoms with Crippen LogP contribution >= 0.6 is 0 Å². The van der Waals surface area contributed by atoms with E-state index in [4.69, 9.17) is 0 Å². The van der Waals surface area contributed by atoms with Crippen LogP contribution in [0.5, 0.6) is 0 Å². The smallest absolute Gasteiger partial charge is 0.216 e. The molecule has 88 valence electrons. The van der Waals surface area contributed by atoms with Gasteiger partial charge in [0.1, 0.15) is 6.29 Å². The third-order valence-electron chi connectivity index (χ3n) is 2.09. The van der Waals surface area contributed by atoms with Gasteiger partial charge in [0.25, 0.3) is 0 Å². The average molecular weight is 229 g/mol. The number of carbonyl (C=O) groups excluding carboxylic acids is 2. The van der Waals surface area contributed by atoms with Gasteiger partial charge in [-0.3, -0.25) is 9.59 Å². The number of hydrogen-bond acceptors (Lipinski definition) is 2. The fraction of sp³-hybridized carbons (Fsp3) is 0.286. The van der Waals surface area contributed by atoms with Gasteiger partial charge in [-0.2, -0.15) is 0 Å². The Hall–Kier alpha value is -2.08. The molecule has 1 aromatic carbocycles. The molecule has 0 bridgehead atoms. The first-order valence-electron chi connectivity index (χ1n) is 5.42. The minimum Gasteiger partial charge on any atom is -0.355 e. The van der Waals surface area contributed by atoms with E-state index >= 15 is 0 Å². The number of hydrogen-bond donors (Lipinski definition) is 1. The van der Waals surface area contributed by atoms with E-state index in [-0.39, 0.29) is 5.91 Å². The van der Waals surface area contributed by atoms with Crippen LogP contribution in [0.1, 0.15) is 34.8 Å². The highest BCUT2D eigenvalue weighted by Crippen LogP contribution is 2.06. The minimum atomic E-state index is -0.0504. The van der Waals surface area contributed by atoms with Crippen molar-refractivity contribution in [2.24, 2.45) is 0 Å². The SMILES string of the molecule is CC(=O)NCCC#Cc1cc(C)cc(C=O)c1. The first-order chi connectivity index (χ1) is 8.11. The molecule has 0 spiro atoms. The van der Waals surface area contributed by atoms with Crippen molar-refractivity contribution in [3.63, 3.8) is 0 Å². The van der Waals surface area contributed by atoms with Crippen LogP contribution < -0.4 is 5.32 Å². The minimum absolute atomic E-state index is 0.0504. The highest BCUT2D eigenvalue weighted by molar-refractivity contribution is 5.76. The van der Waals surface area contributed by atoms with Crippen LogP contribution in [0.25, 0.3) is 0 Å². The van der Waals surface area contributed by atoms with Crippen LogP contribution in [-0.2, 0) is 4.79 Å². The van der Waals surface area contributed by atoms with Gasteiger partial charge in [0.15, 0.2) is 0 Å². The normalized spacial score (nSPS) is 9.06. The second-order valence-corrected chi connectivity index (χ2v) is 3.78. The largest absolute Gasteiger partial charge is 0.355 e. The fourth-order valence-corrected chi connectivity index (χ4v) is 1.42. The predicted octanol–water partition coefficient (Wildman–Crippen LogP) is 1.69. The third-order valence-corrected chi connectivity index (χ3v) is 2.09. The maximum absolute atomic E-state index is 10.7. The first kappa shape index (κ1) is 13.0. The van der Waals surface area contributed by atoms with Crippen molar-refractivity contribution in [2.45, 2.75) is 20.3 Å². The lowest BCUT2D eigenvalue weighted by Gasteiger charge is -1.97. The molecule has 0 saturated heterocycles. The summed E-state index contributed by atoms with van der Waals surface area (Å²) < 4.78 is 0. The highest BCUT2D eigenvalue weighted by Gasteiger charge is 1.94. The summed E-state index contributed by atoms with van der Waals surface area (Å²) in [6.45, 7) is 3.95. The third kappa shape index (κ3) is 4.98. The van der Waals surface area contributed by atoms with Gasteiger partial charge in [-0.15, -0.1) is 0 Å². The fourth-order valence-electron chi connectivity index (χ4n) is 1.42. The van der Waals surface area contributed by atoms with Gasteiger partial charge in [-0.1, -0.05) is 11.8 Å². The summed E-state index contributed by atoms with van der Waals surface area (Å²) in [5.41, 5.74) is 2.48. The van der Waals surface area contributed by atoms with E-state index in [0.717, 1.165) is 17.4 Å². The summed E-state index contributed by atoms with van der Waals surface area (Å²) in [5.74, 6) is 5.88. The summed E-state index contributed by atoms with van der Waals surface area (Å²) in [6, 6.07) is 5.50. The number of aldehydes is 1. The topological polar surface area (TPSA) is 46.2 Å². The molecule has 3 nitrogen and oxygen atoms in total. The van der Waals surface area contributed by atoms with E-state index in [0.29, 0.717) is 18.5 Å². The Balaban J connectivity index is 2.62. The van der Waals surface area contributed by atoms with Crippen LogP contribution in [0.3, 0.4) is 0 Å². The van der Waals surface area contributed by atoms with Crippen molar-refractivity contribution in [1.29, 1.82) is 0 Å². The van der Waals surface area contributed by atoms with Crippen LogP contribution in [-0.4, -0.2) is 18.7 Å². The molecule has 0 aromatic heterocycles. The molecular formula is C14H15NO2. The maximum Gasteiger partial charge on any atom is 0.216 e. The second-order valence-electron chi connectivity index (χ2n) is 3.78. The summed E-state index contributed by atoms with van der Waals surface area (Å²) >= 11 is 0. The van der Waals surface area contributed by atoms with Gasteiger partial charge in [-0.25, -0.2) is 0 Å². The van der Waals surface area contributed by atoms with Crippen LogP contribution in [0, 0.1) is 18.8 Å². The molecule has 3 heteroatoms. The van der Waals surface area contributed by atoms with Crippen LogP contribution in [0.2, 0.25) is 0 Å². The zero-order chi connectivity index (χ0) is 12.7. The zero-order valence-electron chi connectivity index (χ0n) is 10.0. The second kappa shape index (κ2) is 6.49. The molecule has 1 rings (SSSR count). The molecule has 1 aromatic rings. The first-order valence-corrected chi connectivity index (χ1v) is 5.42. The van der Waals surface area contributed by atoms with Gasteiger partial charge in [0.05, 0.1) is 0 Å². The van der Waals surface area contributed by atoms with Crippen molar-refractivity contribution in [2.75, 3.05) is 6.54 Å². The van der Waals surface area contributed by atoms with E-state index < -0.39 is 0 Å². The molecule has 0 unspecified atom stereocenters. The predicted molar refractivity (Wildman–Crippen MR) is 66.7 cm³/mol. The Kier molecular flexibility index (Phi) is 4.96. The molecule has 0 aliphatic heterocycles. The standard InChI is InChI=1S/C14H15NO2/c1-11-7-13(9-14(8-11)10-16)5-3-4-6-15-12(2)17/h7-10H,4,6H2,1-2H3,(H,15,17). The van der Waals surface area contributed by atoms with Gasteiger partial charge in [-0.05, 0) is 30.7 Å². The van der Waals surface area contributed by atoms with E-state index in [2.05, 4.69) is 17.2 Å². The van der Waals surface area contributed by atoms with Crippen LogP contribution in [0.4, 0.5) is 0 Å². The van der Waals surface area contributed by atoms with Crippen molar-refractivity contribution >= 4 is 12.2 Å². The molecule has 1 amide bonds. The Morgan fingerprint density at radius 2 is 2.18 bits per heavy atom. The molecule has 1 N–H and O–H groups in total. The van der Waals surface area contributed by atoms with Gasteiger partial charge >= 0.3 is 0 Å². The lowest BCUT2D eigenvalue weighted by Crippen LogP contribution is -2.20. The molecule has 0 aliphatic carbocycles. The van der Waals surface area contributed by atoms with E-state index in [1.54, 1.807) is 6.07 Å². The molecule has 0 fully saturated rings. The average Bonchev–Trinajstić information content (AvgIpc) is 2.27. The molecule has 0 heterocycles. The van der Waals surface area contributed by atoms with Crippen molar-refractivity contribution < 1.29 is 9.59 Å². The number of carbonyl (C=O) groups is 2. The monoisotopic (exact) mass is 229 g/mol. The van der Waals surface area contributed by atoms with Crippen LogP contribution in [0.15, 0.2) is 18.2 Å². The van der Waals surface area contributed by atoms with E-state index in [1.807, 2.05) is 19.1 Å². The lowest BCUT2D eigenvalue weighted by molar-refractivity contribution is -0.118. The highest BCUT2D eigenvalue weighted by atomic mass is 16.1. The Bertz CT molecular complexity index is 481. The van der Waals surface area contributed by atoms with E-state index in [1.165, 1.54) is 6.92 Å².